The van der Waals surface area contributed by atoms with Gasteiger partial charge in [0.15, 0.2) is 0 Å². The number of anilines is 1. The van der Waals surface area contributed by atoms with E-state index < -0.39 is 0 Å². The van der Waals surface area contributed by atoms with Crippen LogP contribution in [0.4, 0.5) is 5.82 Å². The van der Waals surface area contributed by atoms with Gasteiger partial charge in [0.05, 0.1) is 5.52 Å². The molecule has 1 saturated heterocycles. The van der Waals surface area contributed by atoms with E-state index in [2.05, 4.69) is 43.3 Å². The molecule has 0 aliphatic carbocycles. The second kappa shape index (κ2) is 8.05. The van der Waals surface area contributed by atoms with E-state index in [0.717, 1.165) is 47.2 Å². The number of aromatic nitrogens is 2. The highest BCUT2D eigenvalue weighted by Crippen LogP contribution is 2.25. The summed E-state index contributed by atoms with van der Waals surface area (Å²) in [5.41, 5.74) is 2.17. The number of nitrogens with zero attached hydrogens (tertiary/aromatic N) is 3. The number of halogens is 1. The number of likely N-dealkylation sites (tertiary alicyclic amines) is 1. The van der Waals surface area contributed by atoms with Crippen molar-refractivity contribution in [2.45, 2.75) is 12.8 Å². The van der Waals surface area contributed by atoms with Crippen LogP contribution in [0.15, 0.2) is 59.3 Å². The first kappa shape index (κ1) is 17.9. The van der Waals surface area contributed by atoms with Gasteiger partial charge in [-0.3, -0.25) is 4.79 Å². The van der Waals surface area contributed by atoms with E-state index in [4.69, 9.17) is 0 Å². The fourth-order valence-corrected chi connectivity index (χ4v) is 3.89. The molecular formula is C21H21BrN4O. The number of fused-ring (bicyclic) bond motifs is 1. The van der Waals surface area contributed by atoms with Crippen molar-refractivity contribution in [3.05, 3.63) is 64.9 Å². The molecule has 5 nitrogen and oxygen atoms in total. The molecule has 138 valence electrons. The molecular weight excluding hydrogens is 404 g/mol. The number of rotatable bonds is 6. The minimum Gasteiger partial charge on any atom is -0.369 e. The number of amides is 1. The van der Waals surface area contributed by atoms with E-state index in [0.29, 0.717) is 12.3 Å². The Morgan fingerprint density at radius 3 is 2.85 bits per heavy atom. The van der Waals surface area contributed by atoms with Crippen molar-refractivity contribution in [1.82, 2.24) is 14.9 Å². The lowest BCUT2D eigenvalue weighted by Gasteiger charge is -2.17. The molecule has 0 radical (unpaired) electrons. The Bertz CT molecular complexity index is 947. The topological polar surface area (TPSA) is 58.1 Å². The predicted molar refractivity (Wildman–Crippen MR) is 111 cm³/mol. The van der Waals surface area contributed by atoms with Crippen LogP contribution in [0.5, 0.6) is 0 Å². The van der Waals surface area contributed by atoms with Gasteiger partial charge < -0.3 is 10.2 Å². The quantitative estimate of drug-likeness (QED) is 0.651. The summed E-state index contributed by atoms with van der Waals surface area (Å²) in [6, 6.07) is 16.3. The highest BCUT2D eigenvalue weighted by Gasteiger charge is 2.29. The third kappa shape index (κ3) is 4.27. The summed E-state index contributed by atoms with van der Waals surface area (Å²) in [5, 5.41) is 4.40. The Kier molecular flexibility index (Phi) is 5.34. The third-order valence-electron chi connectivity index (χ3n) is 4.96. The van der Waals surface area contributed by atoms with Crippen LogP contribution in [0.2, 0.25) is 0 Å². The van der Waals surface area contributed by atoms with Crippen LogP contribution in [0.1, 0.15) is 12.0 Å². The van der Waals surface area contributed by atoms with Gasteiger partial charge in [-0.25, -0.2) is 9.97 Å². The van der Waals surface area contributed by atoms with Gasteiger partial charge >= 0.3 is 0 Å². The van der Waals surface area contributed by atoms with E-state index in [1.54, 1.807) is 6.33 Å². The maximum absolute atomic E-state index is 12.3. The Hall–Kier alpha value is -2.47. The SMILES string of the molecule is O=C1CC(CNc2ncnc3ccc(Br)cc23)CN1CCc1ccccc1. The summed E-state index contributed by atoms with van der Waals surface area (Å²) < 4.78 is 0.996. The lowest BCUT2D eigenvalue weighted by Crippen LogP contribution is -2.28. The Balaban J connectivity index is 1.36. The van der Waals surface area contributed by atoms with Crippen molar-refractivity contribution in [3.63, 3.8) is 0 Å². The van der Waals surface area contributed by atoms with Gasteiger partial charge in [0, 0.05) is 41.8 Å². The van der Waals surface area contributed by atoms with Crippen molar-refractivity contribution in [1.29, 1.82) is 0 Å². The lowest BCUT2D eigenvalue weighted by molar-refractivity contribution is -0.127. The molecule has 6 heteroatoms. The molecule has 1 unspecified atom stereocenters. The van der Waals surface area contributed by atoms with Crippen LogP contribution in [-0.4, -0.2) is 40.4 Å². The molecule has 27 heavy (non-hydrogen) atoms. The van der Waals surface area contributed by atoms with Crippen LogP contribution in [-0.2, 0) is 11.2 Å². The number of carbonyl (C=O) groups excluding carboxylic acids is 1. The summed E-state index contributed by atoms with van der Waals surface area (Å²) in [6.07, 6.45) is 3.07. The largest absolute Gasteiger partial charge is 0.369 e. The summed E-state index contributed by atoms with van der Waals surface area (Å²) >= 11 is 3.50. The average molecular weight is 425 g/mol. The van der Waals surface area contributed by atoms with Gasteiger partial charge in [0.1, 0.15) is 12.1 Å². The van der Waals surface area contributed by atoms with E-state index in [1.165, 1.54) is 5.56 Å². The first-order valence-electron chi connectivity index (χ1n) is 9.15. The number of hydrogen-bond acceptors (Lipinski definition) is 4. The number of hydrogen-bond donors (Lipinski definition) is 1. The van der Waals surface area contributed by atoms with Crippen molar-refractivity contribution < 1.29 is 4.79 Å². The molecule has 1 fully saturated rings. The second-order valence-electron chi connectivity index (χ2n) is 6.91. The zero-order valence-electron chi connectivity index (χ0n) is 14.9. The molecule has 2 aromatic carbocycles. The molecule has 2 heterocycles. The van der Waals surface area contributed by atoms with E-state index in [1.807, 2.05) is 41.3 Å². The summed E-state index contributed by atoms with van der Waals surface area (Å²) in [4.78, 5) is 23.0. The molecule has 3 aromatic rings. The van der Waals surface area contributed by atoms with Crippen molar-refractivity contribution >= 4 is 38.6 Å². The number of benzene rings is 2. The molecule has 0 spiro atoms. The Morgan fingerprint density at radius 2 is 2.00 bits per heavy atom. The molecule has 0 saturated carbocycles. The zero-order chi connectivity index (χ0) is 18.6. The number of nitrogens with one attached hydrogen (secondary N) is 1. The smallest absolute Gasteiger partial charge is 0.223 e. The lowest BCUT2D eigenvalue weighted by atomic mass is 10.1. The molecule has 1 aromatic heterocycles. The minimum absolute atomic E-state index is 0.244. The van der Waals surface area contributed by atoms with Crippen LogP contribution < -0.4 is 5.32 Å². The van der Waals surface area contributed by atoms with Crippen LogP contribution in [0.3, 0.4) is 0 Å². The van der Waals surface area contributed by atoms with Crippen molar-refractivity contribution in [2.24, 2.45) is 5.92 Å². The van der Waals surface area contributed by atoms with Crippen molar-refractivity contribution in [3.8, 4) is 0 Å². The van der Waals surface area contributed by atoms with Gasteiger partial charge in [-0.1, -0.05) is 46.3 Å². The molecule has 4 rings (SSSR count). The Morgan fingerprint density at radius 1 is 1.15 bits per heavy atom. The molecule has 1 atom stereocenters. The van der Waals surface area contributed by atoms with Crippen LogP contribution in [0.25, 0.3) is 10.9 Å². The third-order valence-corrected chi connectivity index (χ3v) is 5.46. The molecule has 1 N–H and O–H groups in total. The highest BCUT2D eigenvalue weighted by atomic mass is 79.9. The summed E-state index contributed by atoms with van der Waals surface area (Å²) in [6.45, 7) is 2.31. The summed E-state index contributed by atoms with van der Waals surface area (Å²) in [7, 11) is 0. The van der Waals surface area contributed by atoms with Crippen molar-refractivity contribution in [2.75, 3.05) is 25.0 Å². The standard InChI is InChI=1S/C21H21BrN4O/c22-17-6-7-19-18(11-17)21(25-14-24-19)23-12-16-10-20(27)26(13-16)9-8-15-4-2-1-3-5-15/h1-7,11,14,16H,8-10,12-13H2,(H,23,24,25). The molecule has 1 aliphatic heterocycles. The van der Waals surface area contributed by atoms with Gasteiger partial charge in [-0.15, -0.1) is 0 Å². The van der Waals surface area contributed by atoms with Crippen LogP contribution >= 0.6 is 15.9 Å². The molecule has 1 amide bonds. The first-order chi connectivity index (χ1) is 13.2. The van der Waals surface area contributed by atoms with Crippen LogP contribution in [0, 0.1) is 5.92 Å². The maximum atomic E-state index is 12.3. The molecule has 1 aliphatic rings. The number of carbonyl (C=O) groups is 1. The highest BCUT2D eigenvalue weighted by molar-refractivity contribution is 9.10. The minimum atomic E-state index is 0.244. The first-order valence-corrected chi connectivity index (χ1v) is 9.94. The fourth-order valence-electron chi connectivity index (χ4n) is 3.53. The normalized spacial score (nSPS) is 16.9. The maximum Gasteiger partial charge on any atom is 0.223 e. The van der Waals surface area contributed by atoms with Gasteiger partial charge in [-0.05, 0) is 30.2 Å². The van der Waals surface area contributed by atoms with Gasteiger partial charge in [0.2, 0.25) is 5.91 Å². The van der Waals surface area contributed by atoms with Gasteiger partial charge in [0.25, 0.3) is 0 Å². The second-order valence-corrected chi connectivity index (χ2v) is 7.83. The zero-order valence-corrected chi connectivity index (χ0v) is 16.5. The average Bonchev–Trinajstić information content (AvgIpc) is 3.05. The van der Waals surface area contributed by atoms with E-state index in [9.17, 15) is 4.79 Å². The molecule has 0 bridgehead atoms. The monoisotopic (exact) mass is 424 g/mol. The fraction of sp³-hybridized carbons (Fsp3) is 0.286. The van der Waals surface area contributed by atoms with E-state index in [-0.39, 0.29) is 5.91 Å². The predicted octanol–water partition coefficient (Wildman–Crippen LogP) is 3.90. The summed E-state index contributed by atoms with van der Waals surface area (Å²) in [5.74, 6) is 1.36. The van der Waals surface area contributed by atoms with Gasteiger partial charge in [-0.2, -0.15) is 0 Å². The Labute approximate surface area is 166 Å². The van der Waals surface area contributed by atoms with E-state index >= 15 is 0 Å².